The maximum absolute atomic E-state index is 5.50. The van der Waals surface area contributed by atoms with Gasteiger partial charge in [0.15, 0.2) is 6.20 Å². The van der Waals surface area contributed by atoms with Gasteiger partial charge in [-0.2, -0.15) is 4.57 Å². The molecule has 1 aliphatic heterocycles. The largest absolute Gasteiger partial charge is 0.378 e. The Labute approximate surface area is 147 Å². The summed E-state index contributed by atoms with van der Waals surface area (Å²) in [6, 6.07) is 20.0. The van der Waals surface area contributed by atoms with E-state index in [9.17, 15) is 0 Å². The lowest BCUT2D eigenvalue weighted by Crippen LogP contribution is -2.36. The van der Waals surface area contributed by atoms with Crippen molar-refractivity contribution in [3.05, 3.63) is 60.8 Å². The summed E-state index contributed by atoms with van der Waals surface area (Å²) in [5.41, 5.74) is 2.59. The second-order valence-corrected chi connectivity index (χ2v) is 6.79. The smallest absolute Gasteiger partial charge is 0.220 e. The summed E-state index contributed by atoms with van der Waals surface area (Å²) >= 11 is 0. The molecule has 3 heteroatoms. The van der Waals surface area contributed by atoms with Crippen LogP contribution in [0.15, 0.2) is 60.8 Å². The molecular formula is C22H21N2O+. The lowest BCUT2D eigenvalue weighted by molar-refractivity contribution is -0.642. The number of fused-ring (bicyclic) bond motifs is 5. The predicted molar refractivity (Wildman–Crippen MR) is 103 cm³/mol. The molecular weight excluding hydrogens is 308 g/mol. The van der Waals surface area contributed by atoms with Crippen LogP contribution in [0.1, 0.15) is 0 Å². The molecule has 3 aromatic carbocycles. The lowest BCUT2D eigenvalue weighted by Gasteiger charge is -2.29. The van der Waals surface area contributed by atoms with Crippen LogP contribution < -0.4 is 9.47 Å². The zero-order valence-electron chi connectivity index (χ0n) is 14.4. The topological polar surface area (TPSA) is 16.4 Å². The Hall–Kier alpha value is -2.65. The molecule has 1 saturated heterocycles. The van der Waals surface area contributed by atoms with Crippen molar-refractivity contribution in [3.63, 3.8) is 0 Å². The van der Waals surface area contributed by atoms with E-state index in [1.54, 1.807) is 0 Å². The van der Waals surface area contributed by atoms with Gasteiger partial charge in [0.25, 0.3) is 0 Å². The van der Waals surface area contributed by atoms with Gasteiger partial charge in [-0.05, 0) is 35.7 Å². The third kappa shape index (κ3) is 2.35. The SMILES string of the molecule is C[n+]1cc2ccc(N3CCOCC3)cc2c2ccc3ccccc3c21. The number of morpholine rings is 1. The van der Waals surface area contributed by atoms with Crippen LogP contribution in [-0.4, -0.2) is 26.3 Å². The molecule has 124 valence electrons. The molecule has 1 aliphatic rings. The van der Waals surface area contributed by atoms with E-state index in [0.29, 0.717) is 0 Å². The average molecular weight is 329 g/mol. The molecule has 2 heterocycles. The number of benzene rings is 3. The highest BCUT2D eigenvalue weighted by atomic mass is 16.5. The molecule has 0 aliphatic carbocycles. The lowest BCUT2D eigenvalue weighted by atomic mass is 10.0. The molecule has 25 heavy (non-hydrogen) atoms. The van der Waals surface area contributed by atoms with Crippen molar-refractivity contribution in [1.29, 1.82) is 0 Å². The van der Waals surface area contributed by atoms with Crippen molar-refractivity contribution in [3.8, 4) is 0 Å². The van der Waals surface area contributed by atoms with Crippen LogP contribution >= 0.6 is 0 Å². The third-order valence-corrected chi connectivity index (χ3v) is 5.29. The first kappa shape index (κ1) is 14.7. The number of aromatic nitrogens is 1. The van der Waals surface area contributed by atoms with Crippen LogP contribution in [0.3, 0.4) is 0 Å². The summed E-state index contributed by atoms with van der Waals surface area (Å²) in [5.74, 6) is 0. The zero-order valence-corrected chi connectivity index (χ0v) is 14.4. The number of ether oxygens (including phenoxy) is 1. The number of rotatable bonds is 1. The molecule has 1 aromatic heterocycles. The molecule has 0 spiro atoms. The van der Waals surface area contributed by atoms with Gasteiger partial charge in [0.2, 0.25) is 5.52 Å². The van der Waals surface area contributed by atoms with Gasteiger partial charge in [-0.25, -0.2) is 0 Å². The molecule has 0 bridgehead atoms. The Bertz CT molecular complexity index is 1100. The highest BCUT2D eigenvalue weighted by Crippen LogP contribution is 2.31. The number of aryl methyl sites for hydroxylation is 1. The van der Waals surface area contributed by atoms with Crippen molar-refractivity contribution in [2.75, 3.05) is 31.2 Å². The highest BCUT2D eigenvalue weighted by molar-refractivity contribution is 6.13. The van der Waals surface area contributed by atoms with Crippen LogP contribution in [0.2, 0.25) is 0 Å². The summed E-state index contributed by atoms with van der Waals surface area (Å²) in [6.45, 7) is 3.56. The molecule has 0 atom stereocenters. The van der Waals surface area contributed by atoms with Gasteiger partial charge in [0, 0.05) is 29.5 Å². The second-order valence-electron chi connectivity index (χ2n) is 6.79. The molecule has 0 radical (unpaired) electrons. The van der Waals surface area contributed by atoms with Crippen molar-refractivity contribution < 1.29 is 9.30 Å². The van der Waals surface area contributed by atoms with E-state index < -0.39 is 0 Å². The van der Waals surface area contributed by atoms with Crippen molar-refractivity contribution in [2.24, 2.45) is 7.05 Å². The summed E-state index contributed by atoms with van der Waals surface area (Å²) in [7, 11) is 2.14. The summed E-state index contributed by atoms with van der Waals surface area (Å²) in [6.07, 6.45) is 2.24. The van der Waals surface area contributed by atoms with E-state index in [4.69, 9.17) is 4.74 Å². The minimum absolute atomic E-state index is 0.813. The fourth-order valence-electron chi connectivity index (χ4n) is 4.03. The first-order valence-electron chi connectivity index (χ1n) is 8.88. The highest BCUT2D eigenvalue weighted by Gasteiger charge is 2.16. The Kier molecular flexibility index (Phi) is 3.35. The van der Waals surface area contributed by atoms with Crippen LogP contribution in [0.25, 0.3) is 32.4 Å². The molecule has 0 N–H and O–H groups in total. The fraction of sp³-hybridized carbons (Fsp3) is 0.227. The average Bonchev–Trinajstić information content (AvgIpc) is 2.68. The Morgan fingerprint density at radius 1 is 0.840 bits per heavy atom. The van der Waals surface area contributed by atoms with Gasteiger partial charge >= 0.3 is 0 Å². The zero-order chi connectivity index (χ0) is 16.8. The van der Waals surface area contributed by atoms with E-state index >= 15 is 0 Å². The molecule has 0 unspecified atom stereocenters. The minimum Gasteiger partial charge on any atom is -0.378 e. The maximum Gasteiger partial charge on any atom is 0.220 e. The van der Waals surface area contributed by atoms with Crippen molar-refractivity contribution in [2.45, 2.75) is 0 Å². The number of hydrogen-bond donors (Lipinski definition) is 0. The van der Waals surface area contributed by atoms with E-state index in [1.807, 2.05) is 0 Å². The van der Waals surface area contributed by atoms with Gasteiger partial charge in [-0.15, -0.1) is 0 Å². The van der Waals surface area contributed by atoms with Crippen molar-refractivity contribution >= 4 is 38.1 Å². The normalized spacial score (nSPS) is 15.3. The molecule has 0 saturated carbocycles. The standard InChI is InChI=1S/C22H21N2O/c1-23-15-17-6-8-18(24-10-12-25-13-11-24)14-21(17)20-9-7-16-4-2-3-5-19(16)22(20)23/h2-9,14-15H,10-13H2,1H3/q+1. The monoisotopic (exact) mass is 329 g/mol. The van der Waals surface area contributed by atoms with E-state index in [0.717, 1.165) is 26.3 Å². The van der Waals surface area contributed by atoms with E-state index in [1.165, 1.54) is 38.1 Å². The van der Waals surface area contributed by atoms with Gasteiger partial charge < -0.3 is 9.64 Å². The number of hydrogen-bond acceptors (Lipinski definition) is 2. The summed E-state index contributed by atoms with van der Waals surface area (Å²) in [4.78, 5) is 2.42. The predicted octanol–water partition coefficient (Wildman–Crippen LogP) is 3.81. The molecule has 0 amide bonds. The number of pyridine rings is 1. The quantitative estimate of drug-likeness (QED) is 0.390. The molecule has 4 aromatic rings. The number of anilines is 1. The molecule has 3 nitrogen and oxygen atoms in total. The van der Waals surface area contributed by atoms with Crippen LogP contribution in [0.4, 0.5) is 5.69 Å². The van der Waals surface area contributed by atoms with Crippen LogP contribution in [0.5, 0.6) is 0 Å². The van der Waals surface area contributed by atoms with Gasteiger partial charge in [0.1, 0.15) is 7.05 Å². The summed E-state index contributed by atoms with van der Waals surface area (Å²) < 4.78 is 7.76. The van der Waals surface area contributed by atoms with Crippen LogP contribution in [0, 0.1) is 0 Å². The Balaban J connectivity index is 1.81. The molecule has 5 rings (SSSR count). The van der Waals surface area contributed by atoms with Gasteiger partial charge in [-0.1, -0.05) is 24.3 Å². The Morgan fingerprint density at radius 2 is 1.64 bits per heavy atom. The first-order chi connectivity index (χ1) is 12.3. The van der Waals surface area contributed by atoms with Crippen molar-refractivity contribution in [1.82, 2.24) is 0 Å². The minimum atomic E-state index is 0.813. The maximum atomic E-state index is 5.50. The van der Waals surface area contributed by atoms with Gasteiger partial charge in [-0.3, -0.25) is 0 Å². The number of nitrogens with zero attached hydrogens (tertiary/aromatic N) is 2. The third-order valence-electron chi connectivity index (χ3n) is 5.29. The first-order valence-corrected chi connectivity index (χ1v) is 8.88. The van der Waals surface area contributed by atoms with Crippen LogP contribution in [-0.2, 0) is 11.8 Å². The van der Waals surface area contributed by atoms with Gasteiger partial charge in [0.05, 0.1) is 24.0 Å². The van der Waals surface area contributed by atoms with E-state index in [2.05, 4.69) is 77.3 Å². The van der Waals surface area contributed by atoms with E-state index in [-0.39, 0.29) is 0 Å². The second kappa shape index (κ2) is 5.71. The fourth-order valence-corrected chi connectivity index (χ4v) is 4.03. The Morgan fingerprint density at radius 3 is 2.52 bits per heavy atom. The summed E-state index contributed by atoms with van der Waals surface area (Å²) in [5, 5.41) is 6.51. The molecule has 1 fully saturated rings.